The Balaban J connectivity index is 3.16. The summed E-state index contributed by atoms with van der Waals surface area (Å²) < 4.78 is 30.5. The molecule has 0 aliphatic heterocycles. The van der Waals surface area contributed by atoms with Crippen molar-refractivity contribution in [2.45, 2.75) is 25.1 Å². The molecule has 0 radical (unpaired) electrons. The number of alkyl halides is 3. The smallest absolute Gasteiger partial charge is 0.264 e. The van der Waals surface area contributed by atoms with Crippen LogP contribution in [0.2, 0.25) is 0 Å². The van der Waals surface area contributed by atoms with Gasteiger partial charge in [-0.15, -0.1) is 0 Å². The number of ether oxygens (including phenoxy) is 1. The van der Waals surface area contributed by atoms with Crippen LogP contribution in [0.1, 0.15) is 36.2 Å². The average Bonchev–Trinajstić information content (AvgIpc) is 2.27. The third kappa shape index (κ3) is 3.77. The van der Waals surface area contributed by atoms with E-state index in [0.29, 0.717) is 12.4 Å². The van der Waals surface area contributed by atoms with E-state index in [2.05, 4.69) is 15.9 Å². The molecule has 0 heterocycles. The fourth-order valence-corrected chi connectivity index (χ4v) is 1.63. The molecule has 17 heavy (non-hydrogen) atoms. The molecule has 0 aliphatic carbocycles. The highest BCUT2D eigenvalue weighted by Gasteiger charge is 2.17. The fourth-order valence-electron chi connectivity index (χ4n) is 1.37. The first kappa shape index (κ1) is 14.1. The van der Waals surface area contributed by atoms with Crippen LogP contribution < -0.4 is 4.74 Å². The number of carbonyl (C=O) groups is 1. The van der Waals surface area contributed by atoms with Gasteiger partial charge in [-0.2, -0.15) is 0 Å². The zero-order chi connectivity index (χ0) is 13.0. The predicted octanol–water partition coefficient (Wildman–Crippen LogP) is 3.99. The molecule has 1 aromatic carbocycles. The summed E-state index contributed by atoms with van der Waals surface area (Å²) in [5.74, 6) is 0.0512. The van der Waals surface area contributed by atoms with Gasteiger partial charge in [0.15, 0.2) is 5.78 Å². The first-order valence-corrected chi connectivity index (χ1v) is 6.11. The summed E-state index contributed by atoms with van der Waals surface area (Å²) in [5, 5.41) is 0. The molecule has 5 heteroatoms. The molecule has 94 valence electrons. The van der Waals surface area contributed by atoms with Crippen LogP contribution in [0.25, 0.3) is 0 Å². The summed E-state index contributed by atoms with van der Waals surface area (Å²) in [6.45, 7) is 3.77. The van der Waals surface area contributed by atoms with E-state index >= 15 is 0 Å². The SMILES string of the molecule is CCOc1cc(C(=O)C(C)Br)cc(C(F)F)c1. The third-order valence-electron chi connectivity index (χ3n) is 2.14. The molecule has 0 aromatic heterocycles. The molecular formula is C12H13BrF2O2. The minimum atomic E-state index is -2.62. The van der Waals surface area contributed by atoms with Gasteiger partial charge in [0.25, 0.3) is 6.43 Å². The summed E-state index contributed by atoms with van der Waals surface area (Å²) in [4.78, 5) is 11.3. The van der Waals surface area contributed by atoms with Gasteiger partial charge in [0, 0.05) is 11.1 Å². The molecule has 0 saturated carbocycles. The van der Waals surface area contributed by atoms with Crippen molar-refractivity contribution in [2.24, 2.45) is 0 Å². The van der Waals surface area contributed by atoms with Gasteiger partial charge < -0.3 is 4.74 Å². The molecular weight excluding hydrogens is 294 g/mol. The summed E-state index contributed by atoms with van der Waals surface area (Å²) in [6.07, 6.45) is -2.62. The molecule has 0 aliphatic rings. The van der Waals surface area contributed by atoms with E-state index in [1.165, 1.54) is 18.2 Å². The Bertz CT molecular complexity index is 405. The van der Waals surface area contributed by atoms with Gasteiger partial charge in [-0.1, -0.05) is 15.9 Å². The molecule has 0 saturated heterocycles. The van der Waals surface area contributed by atoms with Crippen LogP contribution in [0, 0.1) is 0 Å². The van der Waals surface area contributed by atoms with E-state index in [0.717, 1.165) is 0 Å². The molecule has 0 fully saturated rings. The highest BCUT2D eigenvalue weighted by atomic mass is 79.9. The van der Waals surface area contributed by atoms with Crippen LogP contribution >= 0.6 is 15.9 Å². The van der Waals surface area contributed by atoms with Gasteiger partial charge in [-0.05, 0) is 32.0 Å². The maximum atomic E-state index is 12.7. The van der Waals surface area contributed by atoms with Crippen molar-refractivity contribution in [1.29, 1.82) is 0 Å². The molecule has 1 rings (SSSR count). The van der Waals surface area contributed by atoms with E-state index in [4.69, 9.17) is 4.74 Å². The number of benzene rings is 1. The summed E-state index contributed by atoms with van der Waals surface area (Å²) >= 11 is 3.12. The topological polar surface area (TPSA) is 26.3 Å². The van der Waals surface area contributed by atoms with Gasteiger partial charge >= 0.3 is 0 Å². The largest absolute Gasteiger partial charge is 0.494 e. The lowest BCUT2D eigenvalue weighted by Gasteiger charge is -2.10. The average molecular weight is 307 g/mol. The predicted molar refractivity (Wildman–Crippen MR) is 65.3 cm³/mol. The lowest BCUT2D eigenvalue weighted by molar-refractivity contribution is 0.0994. The van der Waals surface area contributed by atoms with E-state index in [9.17, 15) is 13.6 Å². The highest BCUT2D eigenvalue weighted by molar-refractivity contribution is 9.10. The van der Waals surface area contributed by atoms with Gasteiger partial charge in [0.2, 0.25) is 0 Å². The fraction of sp³-hybridized carbons (Fsp3) is 0.417. The molecule has 1 aromatic rings. The van der Waals surface area contributed by atoms with Crippen molar-refractivity contribution < 1.29 is 18.3 Å². The van der Waals surface area contributed by atoms with Crippen molar-refractivity contribution >= 4 is 21.7 Å². The Kier molecular flexibility index (Phi) is 5.05. The number of carbonyl (C=O) groups excluding carboxylic acids is 1. The Morgan fingerprint density at radius 3 is 2.53 bits per heavy atom. The Morgan fingerprint density at radius 2 is 2.06 bits per heavy atom. The molecule has 0 N–H and O–H groups in total. The van der Waals surface area contributed by atoms with Crippen LogP contribution in [0.3, 0.4) is 0 Å². The van der Waals surface area contributed by atoms with Gasteiger partial charge in [0.05, 0.1) is 11.4 Å². The maximum absolute atomic E-state index is 12.7. The van der Waals surface area contributed by atoms with Crippen LogP contribution in [0.15, 0.2) is 18.2 Å². The van der Waals surface area contributed by atoms with E-state index < -0.39 is 11.3 Å². The molecule has 0 spiro atoms. The van der Waals surface area contributed by atoms with Crippen LogP contribution in [0.5, 0.6) is 5.75 Å². The quantitative estimate of drug-likeness (QED) is 0.607. The van der Waals surface area contributed by atoms with Gasteiger partial charge in [-0.3, -0.25) is 4.79 Å². The monoisotopic (exact) mass is 306 g/mol. The second-order valence-electron chi connectivity index (χ2n) is 3.50. The second kappa shape index (κ2) is 6.10. The molecule has 1 atom stereocenters. The number of hydrogen-bond donors (Lipinski definition) is 0. The summed E-state index contributed by atoms with van der Waals surface area (Å²) in [7, 11) is 0. The first-order chi connectivity index (χ1) is 7.95. The van der Waals surface area contributed by atoms with Crippen molar-refractivity contribution in [3.05, 3.63) is 29.3 Å². The van der Waals surface area contributed by atoms with Crippen LogP contribution in [-0.4, -0.2) is 17.2 Å². The highest BCUT2D eigenvalue weighted by Crippen LogP contribution is 2.26. The molecule has 0 amide bonds. The molecule has 2 nitrogen and oxygen atoms in total. The standard InChI is InChI=1S/C12H13BrF2O2/c1-3-17-10-5-8(11(16)7(2)13)4-9(6-10)12(14)15/h4-7,12H,3H2,1-2H3. The zero-order valence-corrected chi connectivity index (χ0v) is 11.1. The van der Waals surface area contributed by atoms with E-state index in [-0.39, 0.29) is 16.9 Å². The number of ketones is 1. The minimum Gasteiger partial charge on any atom is -0.494 e. The first-order valence-electron chi connectivity index (χ1n) is 5.20. The number of hydrogen-bond acceptors (Lipinski definition) is 2. The van der Waals surface area contributed by atoms with Crippen LogP contribution in [-0.2, 0) is 0 Å². The minimum absolute atomic E-state index is 0.201. The van der Waals surface area contributed by atoms with Crippen molar-refractivity contribution in [3.63, 3.8) is 0 Å². The summed E-state index contributed by atoms with van der Waals surface area (Å²) in [6, 6.07) is 3.94. The Morgan fingerprint density at radius 1 is 1.41 bits per heavy atom. The van der Waals surface area contributed by atoms with Gasteiger partial charge in [0.1, 0.15) is 5.75 Å². The normalized spacial score (nSPS) is 12.6. The van der Waals surface area contributed by atoms with Crippen molar-refractivity contribution in [1.82, 2.24) is 0 Å². The van der Waals surface area contributed by atoms with Crippen LogP contribution in [0.4, 0.5) is 8.78 Å². The third-order valence-corrected chi connectivity index (χ3v) is 2.55. The molecule has 1 unspecified atom stereocenters. The zero-order valence-electron chi connectivity index (χ0n) is 9.54. The van der Waals surface area contributed by atoms with Gasteiger partial charge in [-0.25, -0.2) is 8.78 Å². The number of Topliss-reactive ketones (excluding diaryl/α,β-unsaturated/α-hetero) is 1. The molecule has 0 bridgehead atoms. The van der Waals surface area contributed by atoms with E-state index in [1.54, 1.807) is 13.8 Å². The number of rotatable bonds is 5. The lowest BCUT2D eigenvalue weighted by atomic mass is 10.1. The van der Waals surface area contributed by atoms with Crippen molar-refractivity contribution in [3.8, 4) is 5.75 Å². The Hall–Kier alpha value is -0.970. The summed E-state index contributed by atoms with van der Waals surface area (Å²) in [5.41, 5.74) is 0.0306. The lowest BCUT2D eigenvalue weighted by Crippen LogP contribution is -2.11. The second-order valence-corrected chi connectivity index (χ2v) is 4.88. The van der Waals surface area contributed by atoms with Crippen molar-refractivity contribution in [2.75, 3.05) is 6.61 Å². The van der Waals surface area contributed by atoms with E-state index in [1.807, 2.05) is 0 Å². The maximum Gasteiger partial charge on any atom is 0.264 e. The Labute approximate surface area is 107 Å². The number of halogens is 3.